The second-order valence-corrected chi connectivity index (χ2v) is 11.9. The number of carbonyl (C=O) groups excluding carboxylic acids is 2. The molecule has 0 fully saturated rings. The van der Waals surface area contributed by atoms with Crippen LogP contribution in [0.5, 0.6) is 0 Å². The highest BCUT2D eigenvalue weighted by atomic mass is 16.6. The molecule has 0 amide bonds. The van der Waals surface area contributed by atoms with Crippen LogP contribution in [0.2, 0.25) is 0 Å². The van der Waals surface area contributed by atoms with Crippen molar-refractivity contribution in [2.75, 3.05) is 165 Å². The van der Waals surface area contributed by atoms with Crippen molar-refractivity contribution in [2.24, 2.45) is 0 Å². The Kier molecular flexibility index (Phi) is 33.7. The van der Waals surface area contributed by atoms with Crippen LogP contribution in [0.3, 0.4) is 0 Å². The molecular formula is C37H64O16. The Morgan fingerprint density at radius 1 is 0.396 bits per heavy atom. The minimum absolute atomic E-state index is 0.0885. The van der Waals surface area contributed by atoms with Crippen molar-refractivity contribution >= 4 is 11.9 Å². The van der Waals surface area contributed by atoms with Gasteiger partial charge in [-0.25, -0.2) is 9.59 Å². The number of benzene rings is 1. The maximum atomic E-state index is 11.8. The average Bonchev–Trinajstić information content (AvgIpc) is 3.14. The molecule has 0 aliphatic heterocycles. The molecule has 0 spiro atoms. The van der Waals surface area contributed by atoms with Gasteiger partial charge in [0.15, 0.2) is 0 Å². The molecule has 0 N–H and O–H groups in total. The predicted molar refractivity (Wildman–Crippen MR) is 192 cm³/mol. The average molecular weight is 765 g/mol. The lowest BCUT2D eigenvalue weighted by Gasteiger charge is -2.19. The molecule has 0 bridgehead atoms. The zero-order chi connectivity index (χ0) is 38.3. The summed E-state index contributed by atoms with van der Waals surface area (Å²) in [6.07, 6.45) is 0. The first-order chi connectivity index (χ1) is 25.9. The van der Waals surface area contributed by atoms with Gasteiger partial charge in [0.25, 0.3) is 0 Å². The summed E-state index contributed by atoms with van der Waals surface area (Å²) in [4.78, 5) is 23.3. The minimum Gasteiger partial charge on any atom is -0.460 e. The predicted octanol–water partition coefficient (Wildman–Crippen LogP) is 2.38. The normalized spacial score (nSPS) is 11.6. The van der Waals surface area contributed by atoms with E-state index in [1.807, 2.05) is 26.8 Å². The third kappa shape index (κ3) is 36.4. The summed E-state index contributed by atoms with van der Waals surface area (Å²) < 4.78 is 75.5. The van der Waals surface area contributed by atoms with Crippen LogP contribution in [0.4, 0.5) is 0 Å². The van der Waals surface area contributed by atoms with Gasteiger partial charge in [-0.1, -0.05) is 18.2 Å². The summed E-state index contributed by atoms with van der Waals surface area (Å²) in [6, 6.07) is 8.84. The molecule has 0 aliphatic carbocycles. The Bertz CT molecular complexity index is 947. The lowest BCUT2D eigenvalue weighted by atomic mass is 10.2. The van der Waals surface area contributed by atoms with Gasteiger partial charge in [-0.15, -0.1) is 0 Å². The van der Waals surface area contributed by atoms with Crippen molar-refractivity contribution in [1.29, 1.82) is 0 Å². The molecule has 0 unspecified atom stereocenters. The zero-order valence-electron chi connectivity index (χ0n) is 32.1. The van der Waals surface area contributed by atoms with Crippen LogP contribution < -0.4 is 0 Å². The van der Waals surface area contributed by atoms with E-state index in [0.717, 1.165) is 0 Å². The summed E-state index contributed by atoms with van der Waals surface area (Å²) in [7, 11) is 0. The van der Waals surface area contributed by atoms with Crippen molar-refractivity contribution < 1.29 is 75.9 Å². The molecule has 0 saturated heterocycles. The molecule has 0 aliphatic rings. The summed E-state index contributed by atoms with van der Waals surface area (Å²) in [5.41, 5.74) is 0.00454. The highest BCUT2D eigenvalue weighted by Gasteiger charge is 2.16. The number of carbonyl (C=O) groups is 2. The molecule has 308 valence electrons. The van der Waals surface area contributed by atoms with Crippen LogP contribution in [-0.4, -0.2) is 183 Å². The molecule has 1 rings (SSSR count). The Morgan fingerprint density at radius 3 is 0.943 bits per heavy atom. The van der Waals surface area contributed by atoms with Gasteiger partial charge in [0.2, 0.25) is 0 Å². The van der Waals surface area contributed by atoms with E-state index < -0.39 is 11.6 Å². The SMILES string of the molecule is CC(C)(C)OC(=O)COCCOCCOCCOCCOCCOCCOCCOCCOCCOCCOCCOCCOC(=O)c1ccccc1. The maximum Gasteiger partial charge on any atom is 0.338 e. The molecule has 53 heavy (non-hydrogen) atoms. The first-order valence-corrected chi connectivity index (χ1v) is 18.3. The van der Waals surface area contributed by atoms with E-state index >= 15 is 0 Å². The number of rotatable bonds is 39. The first kappa shape index (κ1) is 48.7. The third-order valence-electron chi connectivity index (χ3n) is 6.20. The lowest BCUT2D eigenvalue weighted by Crippen LogP contribution is -2.27. The number of esters is 2. The maximum absolute atomic E-state index is 11.8. The molecule has 1 aromatic carbocycles. The monoisotopic (exact) mass is 764 g/mol. The molecule has 0 atom stereocenters. The summed E-state index contributed by atoms with van der Waals surface area (Å²) >= 11 is 0. The molecule has 0 radical (unpaired) electrons. The van der Waals surface area contributed by atoms with Gasteiger partial charge in [0.1, 0.15) is 18.8 Å². The van der Waals surface area contributed by atoms with Crippen LogP contribution in [-0.2, 0) is 71.1 Å². The molecule has 1 aromatic rings. The fraction of sp³-hybridized carbons (Fsp3) is 0.784. The van der Waals surface area contributed by atoms with Gasteiger partial charge < -0.3 is 66.3 Å². The van der Waals surface area contributed by atoms with Gasteiger partial charge in [-0.2, -0.15) is 0 Å². The van der Waals surface area contributed by atoms with Crippen LogP contribution in [0, 0.1) is 0 Å². The number of hydrogen-bond donors (Lipinski definition) is 0. The Labute approximate surface area is 315 Å². The van der Waals surface area contributed by atoms with E-state index in [2.05, 4.69) is 0 Å². The fourth-order valence-corrected chi connectivity index (χ4v) is 3.80. The second kappa shape index (κ2) is 36.6. The van der Waals surface area contributed by atoms with E-state index in [1.54, 1.807) is 24.3 Å². The number of ether oxygens (including phenoxy) is 14. The van der Waals surface area contributed by atoms with Crippen LogP contribution in [0.15, 0.2) is 30.3 Å². The lowest BCUT2D eigenvalue weighted by molar-refractivity contribution is -0.160. The van der Waals surface area contributed by atoms with Crippen LogP contribution in [0.25, 0.3) is 0 Å². The van der Waals surface area contributed by atoms with Gasteiger partial charge >= 0.3 is 11.9 Å². The second-order valence-electron chi connectivity index (χ2n) is 11.9. The van der Waals surface area contributed by atoms with Gasteiger partial charge in [-0.3, -0.25) is 0 Å². The van der Waals surface area contributed by atoms with E-state index in [4.69, 9.17) is 66.3 Å². The Morgan fingerprint density at radius 2 is 0.660 bits per heavy atom. The largest absolute Gasteiger partial charge is 0.460 e. The summed E-state index contributed by atoms with van der Waals surface area (Å²) in [6.45, 7) is 15.9. The molecule has 16 heteroatoms. The molecule has 0 heterocycles. The molecule has 0 aromatic heterocycles. The molecule has 16 nitrogen and oxygen atoms in total. The van der Waals surface area contributed by atoms with Crippen molar-refractivity contribution in [2.45, 2.75) is 26.4 Å². The van der Waals surface area contributed by atoms with Crippen molar-refractivity contribution in [3.8, 4) is 0 Å². The standard InChI is InChI=1S/C37H64O16/c1-37(2,3)53-35(38)33-51-30-29-49-26-25-47-22-21-45-18-17-43-14-13-41-10-9-40-11-12-42-15-16-44-19-20-46-23-24-48-27-28-50-31-32-52-36(39)34-7-5-4-6-8-34/h4-8H,9-33H2,1-3H3. The van der Waals surface area contributed by atoms with E-state index in [9.17, 15) is 9.59 Å². The van der Waals surface area contributed by atoms with Crippen molar-refractivity contribution in [1.82, 2.24) is 0 Å². The topological polar surface area (TPSA) is 163 Å². The van der Waals surface area contributed by atoms with Crippen LogP contribution >= 0.6 is 0 Å². The fourth-order valence-electron chi connectivity index (χ4n) is 3.80. The van der Waals surface area contributed by atoms with E-state index in [-0.39, 0.29) is 19.2 Å². The van der Waals surface area contributed by atoms with Crippen LogP contribution in [0.1, 0.15) is 31.1 Å². The highest BCUT2D eigenvalue weighted by molar-refractivity contribution is 5.89. The molecular weight excluding hydrogens is 700 g/mol. The Hall–Kier alpha value is -2.32. The van der Waals surface area contributed by atoms with Gasteiger partial charge in [0, 0.05) is 0 Å². The zero-order valence-corrected chi connectivity index (χ0v) is 32.1. The first-order valence-electron chi connectivity index (χ1n) is 18.3. The van der Waals surface area contributed by atoms with Gasteiger partial charge in [0.05, 0.1) is 158 Å². The van der Waals surface area contributed by atoms with Crippen molar-refractivity contribution in [3.63, 3.8) is 0 Å². The number of hydrogen-bond acceptors (Lipinski definition) is 16. The minimum atomic E-state index is -0.516. The quantitative estimate of drug-likeness (QED) is 0.0709. The van der Waals surface area contributed by atoms with E-state index in [0.29, 0.717) is 158 Å². The molecule has 0 saturated carbocycles. The summed E-state index contributed by atoms with van der Waals surface area (Å²) in [5, 5.41) is 0. The highest BCUT2D eigenvalue weighted by Crippen LogP contribution is 2.06. The smallest absolute Gasteiger partial charge is 0.338 e. The van der Waals surface area contributed by atoms with Crippen molar-refractivity contribution in [3.05, 3.63) is 35.9 Å². The third-order valence-corrected chi connectivity index (χ3v) is 6.20. The Balaban J connectivity index is 1.64. The van der Waals surface area contributed by atoms with E-state index in [1.165, 1.54) is 0 Å². The summed E-state index contributed by atoms with van der Waals surface area (Å²) in [5.74, 6) is -0.752. The van der Waals surface area contributed by atoms with Gasteiger partial charge in [-0.05, 0) is 32.9 Å².